The van der Waals surface area contributed by atoms with E-state index in [1.807, 2.05) is 6.92 Å². The van der Waals surface area contributed by atoms with Gasteiger partial charge in [-0.2, -0.15) is 0 Å². The van der Waals surface area contributed by atoms with Gasteiger partial charge >= 0.3 is 5.97 Å². The van der Waals surface area contributed by atoms with Crippen LogP contribution in [0.5, 0.6) is 5.75 Å². The average molecular weight is 474 g/mol. The summed E-state index contributed by atoms with van der Waals surface area (Å²) in [5.41, 5.74) is 1.50. The molecule has 1 aromatic carbocycles. The van der Waals surface area contributed by atoms with Crippen LogP contribution in [0.2, 0.25) is 0 Å². The molecule has 3 amide bonds. The number of aryl methyl sites for hydroxylation is 1. The number of hydrogen-bond acceptors (Lipinski definition) is 7. The number of thiophene rings is 1. The van der Waals surface area contributed by atoms with Gasteiger partial charge in [-0.15, -0.1) is 11.3 Å². The number of anilines is 2. The Balaban J connectivity index is 1.53. The molecule has 1 aliphatic rings. The van der Waals surface area contributed by atoms with E-state index in [1.165, 1.54) is 30.4 Å². The fourth-order valence-corrected chi connectivity index (χ4v) is 4.09. The van der Waals surface area contributed by atoms with Crippen molar-refractivity contribution in [2.24, 2.45) is 5.92 Å². The molecule has 33 heavy (non-hydrogen) atoms. The number of nitrogens with one attached hydrogen (secondary N) is 2. The number of hydrogen-bond donors (Lipinski definition) is 2. The Labute approximate surface area is 196 Å². The third-order valence-electron chi connectivity index (χ3n) is 5.26. The van der Waals surface area contributed by atoms with E-state index in [9.17, 15) is 19.2 Å². The van der Waals surface area contributed by atoms with E-state index >= 15 is 0 Å². The van der Waals surface area contributed by atoms with Crippen LogP contribution >= 0.6 is 11.3 Å². The van der Waals surface area contributed by atoms with E-state index < -0.39 is 24.4 Å². The van der Waals surface area contributed by atoms with Gasteiger partial charge < -0.3 is 25.0 Å². The SMILES string of the molecule is COc1cccc(NC(=O)CN(C)C(=O)COC(=O)c2c(NC(=O)C3CC3)sc(C)c2C)c1. The Morgan fingerprint density at radius 3 is 2.55 bits per heavy atom. The molecule has 0 atom stereocenters. The molecule has 2 N–H and O–H groups in total. The minimum Gasteiger partial charge on any atom is -0.497 e. The summed E-state index contributed by atoms with van der Waals surface area (Å²) in [5, 5.41) is 5.92. The third kappa shape index (κ3) is 6.32. The van der Waals surface area contributed by atoms with Crippen LogP contribution in [-0.2, 0) is 19.1 Å². The lowest BCUT2D eigenvalue weighted by Crippen LogP contribution is -2.37. The van der Waals surface area contributed by atoms with Gasteiger partial charge in [0.2, 0.25) is 11.8 Å². The number of benzene rings is 1. The second kappa shape index (κ2) is 10.5. The summed E-state index contributed by atoms with van der Waals surface area (Å²) in [5.74, 6) is -1.14. The lowest BCUT2D eigenvalue weighted by Gasteiger charge is -2.17. The quantitative estimate of drug-likeness (QED) is 0.541. The zero-order valence-corrected chi connectivity index (χ0v) is 19.8. The molecule has 0 spiro atoms. The molecule has 0 bridgehead atoms. The number of nitrogens with zero attached hydrogens (tertiary/aromatic N) is 1. The highest BCUT2D eigenvalue weighted by Crippen LogP contribution is 2.36. The predicted octanol–water partition coefficient (Wildman–Crippen LogP) is 2.98. The molecule has 9 nitrogen and oxygen atoms in total. The fourth-order valence-electron chi connectivity index (χ4n) is 3.03. The zero-order valence-electron chi connectivity index (χ0n) is 19.0. The van der Waals surface area contributed by atoms with Gasteiger partial charge in [-0.05, 0) is 44.4 Å². The maximum atomic E-state index is 12.7. The molecule has 10 heteroatoms. The lowest BCUT2D eigenvalue weighted by atomic mass is 10.1. The van der Waals surface area contributed by atoms with Crippen LogP contribution in [-0.4, -0.2) is 55.9 Å². The van der Waals surface area contributed by atoms with E-state index in [-0.39, 0.29) is 23.9 Å². The molecular formula is C23H27N3O6S. The van der Waals surface area contributed by atoms with Gasteiger partial charge in [-0.3, -0.25) is 14.4 Å². The number of ether oxygens (including phenoxy) is 2. The van der Waals surface area contributed by atoms with Crippen molar-refractivity contribution in [2.45, 2.75) is 26.7 Å². The molecule has 1 saturated carbocycles. The van der Waals surface area contributed by atoms with Crippen molar-refractivity contribution in [3.63, 3.8) is 0 Å². The van der Waals surface area contributed by atoms with E-state index in [0.29, 0.717) is 22.0 Å². The first-order valence-corrected chi connectivity index (χ1v) is 11.3. The number of methoxy groups -OCH3 is 1. The van der Waals surface area contributed by atoms with Crippen molar-refractivity contribution in [3.05, 3.63) is 40.3 Å². The highest BCUT2D eigenvalue weighted by Gasteiger charge is 2.32. The van der Waals surface area contributed by atoms with Crippen LogP contribution < -0.4 is 15.4 Å². The Kier molecular flexibility index (Phi) is 7.70. The molecular weight excluding hydrogens is 446 g/mol. The van der Waals surface area contributed by atoms with Gasteiger partial charge in [0, 0.05) is 29.6 Å². The first-order valence-electron chi connectivity index (χ1n) is 10.5. The highest BCUT2D eigenvalue weighted by atomic mass is 32.1. The van der Waals surface area contributed by atoms with Crippen LogP contribution in [0.25, 0.3) is 0 Å². The maximum absolute atomic E-state index is 12.7. The van der Waals surface area contributed by atoms with Crippen molar-refractivity contribution in [1.82, 2.24) is 4.90 Å². The summed E-state index contributed by atoms with van der Waals surface area (Å²) in [7, 11) is 2.97. The normalized spacial score (nSPS) is 12.6. The number of carbonyl (C=O) groups excluding carboxylic acids is 4. The molecule has 1 aromatic heterocycles. The summed E-state index contributed by atoms with van der Waals surface area (Å²) < 4.78 is 10.3. The van der Waals surface area contributed by atoms with Gasteiger partial charge in [-0.1, -0.05) is 6.07 Å². The van der Waals surface area contributed by atoms with Crippen molar-refractivity contribution in [1.29, 1.82) is 0 Å². The van der Waals surface area contributed by atoms with Gasteiger partial charge in [0.1, 0.15) is 10.8 Å². The van der Waals surface area contributed by atoms with Crippen LogP contribution in [0, 0.1) is 19.8 Å². The minimum absolute atomic E-state index is 0.00469. The van der Waals surface area contributed by atoms with Crippen LogP contribution in [0.15, 0.2) is 24.3 Å². The standard InChI is InChI=1S/C23H27N3O6S/c1-13-14(2)33-22(25-21(29)15-8-9-15)20(13)23(30)32-12-19(28)26(3)11-18(27)24-16-6-5-7-17(10-16)31-4/h5-7,10,15H,8-9,11-12H2,1-4H3,(H,24,27)(H,25,29). The van der Waals surface area contributed by atoms with Gasteiger partial charge in [0.15, 0.2) is 6.61 Å². The molecule has 0 aliphatic heterocycles. The Hall–Kier alpha value is -3.40. The van der Waals surface area contributed by atoms with E-state index in [2.05, 4.69) is 10.6 Å². The third-order valence-corrected chi connectivity index (χ3v) is 6.38. The smallest absolute Gasteiger partial charge is 0.341 e. The molecule has 2 aromatic rings. The fraction of sp³-hybridized carbons (Fsp3) is 0.391. The first kappa shape index (κ1) is 24.2. The monoisotopic (exact) mass is 473 g/mol. The molecule has 3 rings (SSSR count). The highest BCUT2D eigenvalue weighted by molar-refractivity contribution is 7.16. The predicted molar refractivity (Wildman–Crippen MR) is 125 cm³/mol. The summed E-state index contributed by atoms with van der Waals surface area (Å²) in [6.45, 7) is 2.88. The zero-order chi connectivity index (χ0) is 24.1. The summed E-state index contributed by atoms with van der Waals surface area (Å²) in [4.78, 5) is 51.5. The molecule has 1 fully saturated rings. The van der Waals surface area contributed by atoms with Crippen LogP contribution in [0.4, 0.5) is 10.7 Å². The molecule has 0 radical (unpaired) electrons. The molecule has 0 unspecified atom stereocenters. The Morgan fingerprint density at radius 1 is 1.15 bits per heavy atom. The van der Waals surface area contributed by atoms with Crippen molar-refractivity contribution >= 4 is 45.7 Å². The Morgan fingerprint density at radius 2 is 1.88 bits per heavy atom. The topological polar surface area (TPSA) is 114 Å². The largest absolute Gasteiger partial charge is 0.497 e. The Bertz CT molecular complexity index is 1080. The van der Waals surface area contributed by atoms with Crippen molar-refractivity contribution in [3.8, 4) is 5.75 Å². The molecule has 1 aliphatic carbocycles. The summed E-state index contributed by atoms with van der Waals surface area (Å²) in [6, 6.07) is 6.85. The molecule has 1 heterocycles. The number of amides is 3. The second-order valence-corrected chi connectivity index (χ2v) is 9.08. The lowest BCUT2D eigenvalue weighted by molar-refractivity contribution is -0.136. The molecule has 176 valence electrons. The number of rotatable bonds is 9. The van der Waals surface area contributed by atoms with E-state index in [1.54, 1.807) is 31.2 Å². The van der Waals surface area contributed by atoms with Gasteiger partial charge in [0.25, 0.3) is 5.91 Å². The van der Waals surface area contributed by atoms with Crippen molar-refractivity contribution < 1.29 is 28.7 Å². The van der Waals surface area contributed by atoms with Gasteiger partial charge in [0.05, 0.1) is 19.2 Å². The van der Waals surface area contributed by atoms with E-state index in [4.69, 9.17) is 9.47 Å². The number of esters is 1. The first-order chi connectivity index (χ1) is 15.7. The van der Waals surface area contributed by atoms with E-state index in [0.717, 1.165) is 17.7 Å². The van der Waals surface area contributed by atoms with Gasteiger partial charge in [-0.25, -0.2) is 4.79 Å². The molecule has 0 saturated heterocycles. The van der Waals surface area contributed by atoms with Crippen LogP contribution in [0.1, 0.15) is 33.6 Å². The average Bonchev–Trinajstić information content (AvgIpc) is 3.59. The number of carbonyl (C=O) groups is 4. The van der Waals surface area contributed by atoms with Crippen LogP contribution in [0.3, 0.4) is 0 Å². The number of likely N-dealkylation sites (N-methyl/N-ethyl adjacent to an activating group) is 1. The minimum atomic E-state index is -0.689. The van der Waals surface area contributed by atoms with Crippen molar-refractivity contribution in [2.75, 3.05) is 37.9 Å². The maximum Gasteiger partial charge on any atom is 0.341 e. The second-order valence-electron chi connectivity index (χ2n) is 7.86. The summed E-state index contributed by atoms with van der Waals surface area (Å²) in [6.07, 6.45) is 1.70. The summed E-state index contributed by atoms with van der Waals surface area (Å²) >= 11 is 1.31.